The summed E-state index contributed by atoms with van der Waals surface area (Å²) >= 11 is 2.09. The summed E-state index contributed by atoms with van der Waals surface area (Å²) in [6.45, 7) is 0. The van der Waals surface area contributed by atoms with Gasteiger partial charge in [0, 0.05) is 34.0 Å². The summed E-state index contributed by atoms with van der Waals surface area (Å²) in [5.41, 5.74) is 2.58. The number of benzene rings is 1. The molecule has 0 atom stereocenters. The Hall–Kier alpha value is -1.43. The van der Waals surface area contributed by atoms with E-state index in [1.807, 2.05) is 42.5 Å². The molecule has 3 nitrogen and oxygen atoms in total. The van der Waals surface area contributed by atoms with E-state index in [1.54, 1.807) is 0 Å². The summed E-state index contributed by atoms with van der Waals surface area (Å²) in [5, 5.41) is 5.08. The minimum atomic E-state index is 0.766. The van der Waals surface area contributed by atoms with Crippen LogP contribution in [0.25, 0.3) is 22.3 Å². The third-order valence-electron chi connectivity index (χ3n) is 2.34. The Kier molecular flexibility index (Phi) is 2.36. The van der Waals surface area contributed by atoms with Crippen molar-refractivity contribution in [3.63, 3.8) is 0 Å². The fourth-order valence-corrected chi connectivity index (χ4v) is 1.98. The van der Waals surface area contributed by atoms with E-state index >= 15 is 0 Å². The maximum absolute atomic E-state index is 5.03. The average Bonchev–Trinajstić information content (AvgIpc) is 2.75. The number of pyridine rings is 1. The number of nitrogens with zero attached hydrogens (tertiary/aromatic N) is 2. The average molecular weight is 322 g/mol. The van der Waals surface area contributed by atoms with Crippen molar-refractivity contribution in [2.75, 3.05) is 0 Å². The van der Waals surface area contributed by atoms with Gasteiger partial charge in [-0.05, 0) is 12.1 Å². The molecule has 0 saturated heterocycles. The number of para-hydroxylation sites is 1. The van der Waals surface area contributed by atoms with Crippen LogP contribution in [0.2, 0.25) is 0 Å². The van der Waals surface area contributed by atoms with Crippen molar-refractivity contribution in [1.29, 1.82) is 0 Å². The second kappa shape index (κ2) is 3.86. The van der Waals surface area contributed by atoms with E-state index in [4.69, 9.17) is 4.52 Å². The molecule has 0 saturated carbocycles. The van der Waals surface area contributed by atoms with Gasteiger partial charge < -0.3 is 4.52 Å². The van der Waals surface area contributed by atoms with Crippen LogP contribution < -0.4 is 0 Å². The van der Waals surface area contributed by atoms with E-state index in [2.05, 4.69) is 32.7 Å². The standard InChI is InChI=1S/C12H7IN2O/c13-12-7-11(15-16-12)10-6-5-8-3-1-2-4-9(8)14-10/h1-7H. The molecule has 0 N–H and O–H groups in total. The summed E-state index contributed by atoms with van der Waals surface area (Å²) in [6, 6.07) is 13.9. The van der Waals surface area contributed by atoms with E-state index in [1.165, 1.54) is 0 Å². The molecule has 0 spiro atoms. The van der Waals surface area contributed by atoms with Gasteiger partial charge in [-0.1, -0.05) is 29.4 Å². The Labute approximate surface area is 106 Å². The fraction of sp³-hybridized carbons (Fsp3) is 0. The second-order valence-corrected chi connectivity index (χ2v) is 4.47. The number of rotatable bonds is 1. The molecule has 0 aliphatic heterocycles. The number of halogens is 1. The molecule has 0 amide bonds. The van der Waals surface area contributed by atoms with Crippen molar-refractivity contribution in [1.82, 2.24) is 10.1 Å². The number of fused-ring (bicyclic) bond motifs is 1. The number of aromatic nitrogens is 2. The molecule has 16 heavy (non-hydrogen) atoms. The predicted octanol–water partition coefficient (Wildman–Crippen LogP) is 3.49. The fourth-order valence-electron chi connectivity index (χ4n) is 1.58. The minimum absolute atomic E-state index is 0.766. The van der Waals surface area contributed by atoms with Crippen molar-refractivity contribution < 1.29 is 4.52 Å². The van der Waals surface area contributed by atoms with Crippen molar-refractivity contribution in [3.8, 4) is 11.4 Å². The predicted molar refractivity (Wildman–Crippen MR) is 70.0 cm³/mol. The Morgan fingerprint density at radius 2 is 1.88 bits per heavy atom. The van der Waals surface area contributed by atoms with Crippen molar-refractivity contribution in [3.05, 3.63) is 46.2 Å². The molecule has 0 fully saturated rings. The first-order chi connectivity index (χ1) is 7.83. The number of hydrogen-bond acceptors (Lipinski definition) is 3. The zero-order chi connectivity index (χ0) is 11.0. The minimum Gasteiger partial charge on any atom is -0.350 e. The zero-order valence-electron chi connectivity index (χ0n) is 8.22. The molecule has 0 aliphatic rings. The largest absolute Gasteiger partial charge is 0.350 e. The first-order valence-corrected chi connectivity index (χ1v) is 5.89. The highest BCUT2D eigenvalue weighted by atomic mass is 127. The van der Waals surface area contributed by atoms with Gasteiger partial charge in [0.15, 0.2) is 3.77 Å². The topological polar surface area (TPSA) is 38.9 Å². The van der Waals surface area contributed by atoms with E-state index in [0.29, 0.717) is 0 Å². The van der Waals surface area contributed by atoms with Gasteiger partial charge in [0.2, 0.25) is 0 Å². The van der Waals surface area contributed by atoms with Crippen LogP contribution in [0.1, 0.15) is 0 Å². The van der Waals surface area contributed by atoms with Gasteiger partial charge in [0.25, 0.3) is 0 Å². The molecule has 0 bridgehead atoms. The lowest BCUT2D eigenvalue weighted by Crippen LogP contribution is -1.84. The highest BCUT2D eigenvalue weighted by Gasteiger charge is 2.06. The Morgan fingerprint density at radius 1 is 1.00 bits per heavy atom. The molecule has 0 unspecified atom stereocenters. The van der Waals surface area contributed by atoms with Gasteiger partial charge in [0.1, 0.15) is 5.69 Å². The maximum atomic E-state index is 5.03. The van der Waals surface area contributed by atoms with Gasteiger partial charge in [-0.25, -0.2) is 4.98 Å². The van der Waals surface area contributed by atoms with Crippen LogP contribution in [0.5, 0.6) is 0 Å². The molecule has 78 valence electrons. The highest BCUT2D eigenvalue weighted by molar-refractivity contribution is 14.1. The Balaban J connectivity index is 2.18. The van der Waals surface area contributed by atoms with E-state index < -0.39 is 0 Å². The summed E-state index contributed by atoms with van der Waals surface area (Å²) < 4.78 is 5.79. The van der Waals surface area contributed by atoms with Crippen LogP contribution in [0.15, 0.2) is 47.0 Å². The van der Waals surface area contributed by atoms with Gasteiger partial charge in [-0.2, -0.15) is 0 Å². The lowest BCUT2D eigenvalue weighted by atomic mass is 10.2. The van der Waals surface area contributed by atoms with Crippen LogP contribution in [0.3, 0.4) is 0 Å². The normalized spacial score (nSPS) is 10.8. The Bertz CT molecular complexity index is 648. The maximum Gasteiger partial charge on any atom is 0.197 e. The van der Waals surface area contributed by atoms with Crippen molar-refractivity contribution >= 4 is 33.5 Å². The molecular weight excluding hydrogens is 315 g/mol. The lowest BCUT2D eigenvalue weighted by molar-refractivity contribution is 0.400. The van der Waals surface area contributed by atoms with Crippen LogP contribution in [-0.4, -0.2) is 10.1 Å². The first kappa shape index (κ1) is 9.77. The summed E-state index contributed by atoms with van der Waals surface area (Å²) in [6.07, 6.45) is 0. The van der Waals surface area contributed by atoms with E-state index in [0.717, 1.165) is 26.1 Å². The Morgan fingerprint density at radius 3 is 2.69 bits per heavy atom. The third kappa shape index (κ3) is 1.69. The molecule has 0 radical (unpaired) electrons. The number of hydrogen-bond donors (Lipinski definition) is 0. The summed E-state index contributed by atoms with van der Waals surface area (Å²) in [7, 11) is 0. The highest BCUT2D eigenvalue weighted by Crippen LogP contribution is 2.21. The summed E-state index contributed by atoms with van der Waals surface area (Å²) in [5.74, 6) is 0. The smallest absolute Gasteiger partial charge is 0.197 e. The van der Waals surface area contributed by atoms with Gasteiger partial charge in [0.05, 0.1) is 11.2 Å². The van der Waals surface area contributed by atoms with Gasteiger partial charge in [-0.15, -0.1) is 0 Å². The van der Waals surface area contributed by atoms with Gasteiger partial charge in [-0.3, -0.25) is 0 Å². The lowest BCUT2D eigenvalue weighted by Gasteiger charge is -1.98. The van der Waals surface area contributed by atoms with E-state index in [-0.39, 0.29) is 0 Å². The van der Waals surface area contributed by atoms with E-state index in [9.17, 15) is 0 Å². The molecule has 2 aromatic heterocycles. The van der Waals surface area contributed by atoms with Crippen LogP contribution in [-0.2, 0) is 0 Å². The molecular formula is C12H7IN2O. The molecule has 1 aromatic carbocycles. The molecule has 0 aliphatic carbocycles. The molecule has 3 rings (SSSR count). The molecule has 2 heterocycles. The monoisotopic (exact) mass is 322 g/mol. The summed E-state index contributed by atoms with van der Waals surface area (Å²) in [4.78, 5) is 4.53. The van der Waals surface area contributed by atoms with Gasteiger partial charge >= 0.3 is 0 Å². The second-order valence-electron chi connectivity index (χ2n) is 3.41. The van der Waals surface area contributed by atoms with Crippen molar-refractivity contribution in [2.24, 2.45) is 0 Å². The van der Waals surface area contributed by atoms with Crippen molar-refractivity contribution in [2.45, 2.75) is 0 Å². The third-order valence-corrected chi connectivity index (χ3v) is 2.85. The SMILES string of the molecule is Ic1cc(-c2ccc3ccccc3n2)no1. The first-order valence-electron chi connectivity index (χ1n) is 4.81. The zero-order valence-corrected chi connectivity index (χ0v) is 10.4. The van der Waals surface area contributed by atoms with Crippen LogP contribution in [0.4, 0.5) is 0 Å². The molecule has 4 heteroatoms. The van der Waals surface area contributed by atoms with Crippen LogP contribution >= 0.6 is 22.6 Å². The van der Waals surface area contributed by atoms with Crippen LogP contribution in [0, 0.1) is 3.77 Å². The molecule has 3 aromatic rings. The quantitative estimate of drug-likeness (QED) is 0.644.